The average molecular weight is 504 g/mol. The number of carbonyl (C=O) groups excluding carboxylic acids is 1. The van der Waals surface area contributed by atoms with Gasteiger partial charge in [-0.1, -0.05) is 48.5 Å². The van der Waals surface area contributed by atoms with E-state index in [4.69, 9.17) is 0 Å². The van der Waals surface area contributed by atoms with Crippen molar-refractivity contribution in [1.82, 2.24) is 8.61 Å². The predicted octanol–water partition coefficient (Wildman–Crippen LogP) is 2.53. The number of hydrogen-bond donors (Lipinski definition) is 1. The van der Waals surface area contributed by atoms with Crippen LogP contribution in [0.25, 0.3) is 0 Å². The van der Waals surface area contributed by atoms with Crippen molar-refractivity contribution in [3.05, 3.63) is 90.7 Å². The summed E-state index contributed by atoms with van der Waals surface area (Å²) in [6.07, 6.45) is 0. The second kappa shape index (κ2) is 9.63. The molecule has 0 spiro atoms. The summed E-state index contributed by atoms with van der Waals surface area (Å²) in [7, 11) is -8.12. The molecule has 1 aliphatic heterocycles. The SMILES string of the molecule is O=C(Nc1ccccc1F)[C@H]1CN(S(=O)(=O)c2ccccc2)CCN1S(=O)(=O)c1ccccc1. The molecule has 3 aromatic carbocycles. The number of halogens is 1. The Morgan fingerprint density at radius 2 is 1.29 bits per heavy atom. The molecule has 11 heteroatoms. The van der Waals surface area contributed by atoms with Gasteiger partial charge in [0.1, 0.15) is 11.9 Å². The van der Waals surface area contributed by atoms with Crippen LogP contribution in [0, 0.1) is 5.82 Å². The van der Waals surface area contributed by atoms with Gasteiger partial charge in [-0.3, -0.25) is 4.79 Å². The molecule has 178 valence electrons. The molecule has 0 bridgehead atoms. The van der Waals surface area contributed by atoms with Gasteiger partial charge in [0, 0.05) is 19.6 Å². The molecular formula is C23H22FN3O5S2. The molecular weight excluding hydrogens is 481 g/mol. The van der Waals surface area contributed by atoms with Crippen LogP contribution in [-0.2, 0) is 24.8 Å². The molecule has 1 amide bonds. The molecule has 1 heterocycles. The summed E-state index contributed by atoms with van der Waals surface area (Å²) in [5.74, 6) is -1.53. The van der Waals surface area contributed by atoms with E-state index in [9.17, 15) is 26.0 Å². The Labute approximate surface area is 197 Å². The molecule has 1 saturated heterocycles. The number of nitrogens with zero attached hydrogens (tertiary/aromatic N) is 2. The maximum Gasteiger partial charge on any atom is 0.244 e. The monoisotopic (exact) mass is 503 g/mol. The molecule has 3 aromatic rings. The summed E-state index contributed by atoms with van der Waals surface area (Å²) >= 11 is 0. The summed E-state index contributed by atoms with van der Waals surface area (Å²) in [6.45, 7) is -0.824. The van der Waals surface area contributed by atoms with Gasteiger partial charge in [0.05, 0.1) is 15.5 Å². The van der Waals surface area contributed by atoms with Crippen LogP contribution < -0.4 is 5.32 Å². The highest BCUT2D eigenvalue weighted by molar-refractivity contribution is 7.89. The van der Waals surface area contributed by atoms with Crippen LogP contribution in [0.2, 0.25) is 0 Å². The van der Waals surface area contributed by atoms with Crippen LogP contribution in [0.3, 0.4) is 0 Å². The number of benzene rings is 3. The number of rotatable bonds is 6. The summed E-state index contributed by atoms with van der Waals surface area (Å²) in [4.78, 5) is 13.2. The molecule has 1 atom stereocenters. The van der Waals surface area contributed by atoms with Crippen molar-refractivity contribution in [2.45, 2.75) is 15.8 Å². The van der Waals surface area contributed by atoms with Crippen molar-refractivity contribution in [3.8, 4) is 0 Å². The highest BCUT2D eigenvalue weighted by atomic mass is 32.2. The number of anilines is 1. The Morgan fingerprint density at radius 1 is 0.765 bits per heavy atom. The van der Waals surface area contributed by atoms with Crippen molar-refractivity contribution < 1.29 is 26.0 Å². The van der Waals surface area contributed by atoms with Gasteiger partial charge >= 0.3 is 0 Å². The number of piperazine rings is 1. The number of hydrogen-bond acceptors (Lipinski definition) is 5. The Balaban J connectivity index is 1.70. The van der Waals surface area contributed by atoms with Gasteiger partial charge in [0.2, 0.25) is 26.0 Å². The maximum atomic E-state index is 14.1. The molecule has 1 aliphatic rings. The summed E-state index contributed by atoms with van der Waals surface area (Å²) in [6, 6.07) is 19.3. The van der Waals surface area contributed by atoms with Gasteiger partial charge in [-0.15, -0.1) is 0 Å². The fourth-order valence-corrected chi connectivity index (χ4v) is 6.76. The molecule has 0 radical (unpaired) electrons. The molecule has 0 saturated carbocycles. The zero-order chi connectivity index (χ0) is 24.3. The predicted molar refractivity (Wildman–Crippen MR) is 124 cm³/mol. The summed E-state index contributed by atoms with van der Waals surface area (Å²) in [5, 5.41) is 2.40. The molecule has 1 fully saturated rings. The van der Waals surface area contributed by atoms with Gasteiger partial charge in [-0.2, -0.15) is 8.61 Å². The normalized spacial score (nSPS) is 17.9. The Morgan fingerprint density at radius 3 is 1.88 bits per heavy atom. The van der Waals surface area contributed by atoms with Gasteiger partial charge in [-0.05, 0) is 36.4 Å². The Hall–Kier alpha value is -3.12. The van der Waals surface area contributed by atoms with E-state index in [1.54, 1.807) is 36.4 Å². The van der Waals surface area contributed by atoms with Crippen LogP contribution in [-0.4, -0.2) is 57.0 Å². The topological polar surface area (TPSA) is 104 Å². The van der Waals surface area contributed by atoms with Gasteiger partial charge in [0.15, 0.2) is 0 Å². The molecule has 8 nitrogen and oxygen atoms in total. The highest BCUT2D eigenvalue weighted by Gasteiger charge is 2.43. The summed E-state index contributed by atoms with van der Waals surface area (Å²) in [5.41, 5.74) is -0.132. The van der Waals surface area contributed by atoms with E-state index in [0.717, 1.165) is 14.7 Å². The smallest absolute Gasteiger partial charge is 0.244 e. The minimum absolute atomic E-state index is 0.0296. The van der Waals surface area contributed by atoms with Crippen LogP contribution in [0.4, 0.5) is 10.1 Å². The minimum Gasteiger partial charge on any atom is -0.322 e. The lowest BCUT2D eigenvalue weighted by atomic mass is 10.2. The Bertz CT molecular complexity index is 1380. The first-order valence-corrected chi connectivity index (χ1v) is 13.3. The molecule has 4 rings (SSSR count). The quantitative estimate of drug-likeness (QED) is 0.557. The van der Waals surface area contributed by atoms with E-state index in [1.807, 2.05) is 0 Å². The first-order chi connectivity index (χ1) is 16.2. The van der Waals surface area contributed by atoms with Crippen LogP contribution >= 0.6 is 0 Å². The van der Waals surface area contributed by atoms with E-state index in [2.05, 4.69) is 5.32 Å². The second-order valence-electron chi connectivity index (χ2n) is 7.59. The van der Waals surface area contributed by atoms with Crippen LogP contribution in [0.1, 0.15) is 0 Å². The van der Waals surface area contributed by atoms with Gasteiger partial charge in [0.25, 0.3) is 0 Å². The number of sulfonamides is 2. The zero-order valence-electron chi connectivity index (χ0n) is 17.9. The molecule has 34 heavy (non-hydrogen) atoms. The lowest BCUT2D eigenvalue weighted by Crippen LogP contribution is -2.60. The number of para-hydroxylation sites is 1. The van der Waals surface area contributed by atoms with E-state index in [1.165, 1.54) is 42.5 Å². The fourth-order valence-electron chi connectivity index (χ4n) is 3.71. The van der Waals surface area contributed by atoms with Crippen LogP contribution in [0.5, 0.6) is 0 Å². The molecule has 0 aromatic heterocycles. The van der Waals surface area contributed by atoms with Gasteiger partial charge < -0.3 is 5.32 Å². The number of amides is 1. The third-order valence-electron chi connectivity index (χ3n) is 5.46. The third kappa shape index (κ3) is 4.73. The highest BCUT2D eigenvalue weighted by Crippen LogP contribution is 2.26. The van der Waals surface area contributed by atoms with Crippen molar-refractivity contribution >= 4 is 31.6 Å². The minimum atomic E-state index is -4.13. The van der Waals surface area contributed by atoms with Gasteiger partial charge in [-0.25, -0.2) is 21.2 Å². The zero-order valence-corrected chi connectivity index (χ0v) is 19.5. The second-order valence-corrected chi connectivity index (χ2v) is 11.4. The van der Waals surface area contributed by atoms with Crippen LogP contribution in [0.15, 0.2) is 94.7 Å². The summed E-state index contributed by atoms with van der Waals surface area (Å²) < 4.78 is 69.2. The lowest BCUT2D eigenvalue weighted by molar-refractivity contribution is -0.120. The number of carbonyl (C=O) groups is 1. The first kappa shape index (κ1) is 24.0. The van der Waals surface area contributed by atoms with E-state index < -0.39 is 44.4 Å². The molecule has 0 aliphatic carbocycles. The van der Waals surface area contributed by atoms with E-state index in [-0.39, 0.29) is 28.6 Å². The first-order valence-electron chi connectivity index (χ1n) is 10.4. The molecule has 0 unspecified atom stereocenters. The maximum absolute atomic E-state index is 14.1. The molecule has 1 N–H and O–H groups in total. The standard InChI is InChI=1S/C23H22FN3O5S2/c24-20-13-7-8-14-21(20)25-23(28)22-17-26(33(29,30)18-9-3-1-4-10-18)15-16-27(22)34(31,32)19-11-5-2-6-12-19/h1-14,22H,15-17H2,(H,25,28)/t22-/m1/s1. The van der Waals surface area contributed by atoms with E-state index >= 15 is 0 Å². The largest absolute Gasteiger partial charge is 0.322 e. The van der Waals surface area contributed by atoms with Crippen molar-refractivity contribution in [2.24, 2.45) is 0 Å². The average Bonchev–Trinajstić information content (AvgIpc) is 2.86. The number of nitrogens with one attached hydrogen (secondary N) is 1. The fraction of sp³-hybridized carbons (Fsp3) is 0.174. The van der Waals surface area contributed by atoms with Crippen molar-refractivity contribution in [3.63, 3.8) is 0 Å². The van der Waals surface area contributed by atoms with E-state index in [0.29, 0.717) is 0 Å². The van der Waals surface area contributed by atoms with Crippen molar-refractivity contribution in [2.75, 3.05) is 25.0 Å². The Kier molecular flexibility index (Phi) is 6.80. The third-order valence-corrected chi connectivity index (χ3v) is 9.26. The lowest BCUT2D eigenvalue weighted by Gasteiger charge is -2.38. The van der Waals surface area contributed by atoms with Crippen molar-refractivity contribution in [1.29, 1.82) is 0 Å².